The summed E-state index contributed by atoms with van der Waals surface area (Å²) in [5.41, 5.74) is 14.0. The molecular formula is C16H17N3O2. The number of nitrogen functional groups attached to an aromatic ring is 1. The average Bonchev–Trinajstić information content (AvgIpc) is 2.49. The van der Waals surface area contributed by atoms with Crippen LogP contribution in [0.3, 0.4) is 0 Å². The van der Waals surface area contributed by atoms with E-state index in [1.54, 1.807) is 0 Å². The molecule has 1 aromatic carbocycles. The first kappa shape index (κ1) is 13.4. The smallest absolute Gasteiger partial charge is 0.251 e. The quantitative estimate of drug-likeness (QED) is 0.903. The maximum absolute atomic E-state index is 11.3. The predicted molar refractivity (Wildman–Crippen MR) is 79.9 cm³/mol. The molecule has 0 spiro atoms. The minimum Gasteiger partial charge on any atom is -0.469 e. The molecule has 4 N–H and O–H groups in total. The van der Waals surface area contributed by atoms with Gasteiger partial charge in [-0.05, 0) is 30.4 Å². The fourth-order valence-corrected chi connectivity index (χ4v) is 2.70. The van der Waals surface area contributed by atoms with Gasteiger partial charge in [-0.2, -0.15) is 0 Å². The van der Waals surface area contributed by atoms with Gasteiger partial charge in [-0.3, -0.25) is 4.79 Å². The van der Waals surface area contributed by atoms with Gasteiger partial charge in [-0.25, -0.2) is 4.98 Å². The summed E-state index contributed by atoms with van der Waals surface area (Å²) in [7, 11) is 0. The van der Waals surface area contributed by atoms with Gasteiger partial charge in [0.1, 0.15) is 6.10 Å². The highest BCUT2D eigenvalue weighted by molar-refractivity contribution is 5.98. The predicted octanol–water partition coefficient (Wildman–Crippen LogP) is 2.22. The molecule has 108 valence electrons. The summed E-state index contributed by atoms with van der Waals surface area (Å²) in [6.45, 7) is 0. The van der Waals surface area contributed by atoms with Crippen molar-refractivity contribution in [1.82, 2.24) is 4.98 Å². The van der Waals surface area contributed by atoms with E-state index < -0.39 is 5.91 Å². The molecule has 1 amide bonds. The molecule has 0 fully saturated rings. The van der Waals surface area contributed by atoms with Crippen LogP contribution in [0.15, 0.2) is 36.5 Å². The van der Waals surface area contributed by atoms with Crippen LogP contribution in [0.1, 0.15) is 40.4 Å². The number of hydrogen-bond donors (Lipinski definition) is 2. The van der Waals surface area contributed by atoms with Crippen molar-refractivity contribution >= 4 is 11.6 Å². The number of anilines is 1. The molecule has 0 saturated heterocycles. The summed E-state index contributed by atoms with van der Waals surface area (Å²) in [5, 5.41) is 0. The third-order valence-electron chi connectivity index (χ3n) is 3.75. The van der Waals surface area contributed by atoms with Gasteiger partial charge in [0.15, 0.2) is 0 Å². The second-order valence-electron chi connectivity index (χ2n) is 5.17. The van der Waals surface area contributed by atoms with Crippen molar-refractivity contribution in [2.24, 2.45) is 5.73 Å². The number of nitrogens with zero attached hydrogens (tertiary/aromatic N) is 1. The lowest BCUT2D eigenvalue weighted by molar-refractivity contribution is 0.0999. The fourth-order valence-electron chi connectivity index (χ4n) is 2.70. The first-order valence-corrected chi connectivity index (χ1v) is 6.95. The molecule has 3 rings (SSSR count). The maximum Gasteiger partial charge on any atom is 0.251 e. The Bertz CT molecular complexity index is 685. The molecule has 1 aromatic heterocycles. The van der Waals surface area contributed by atoms with Crippen molar-refractivity contribution in [2.75, 3.05) is 5.73 Å². The van der Waals surface area contributed by atoms with Gasteiger partial charge < -0.3 is 16.2 Å². The van der Waals surface area contributed by atoms with E-state index in [0.717, 1.165) is 19.3 Å². The number of hydrogen-bond acceptors (Lipinski definition) is 4. The van der Waals surface area contributed by atoms with E-state index in [2.05, 4.69) is 17.1 Å². The molecule has 0 radical (unpaired) electrons. The summed E-state index contributed by atoms with van der Waals surface area (Å²) >= 11 is 0. The zero-order valence-corrected chi connectivity index (χ0v) is 11.6. The topological polar surface area (TPSA) is 91.2 Å². The van der Waals surface area contributed by atoms with Crippen molar-refractivity contribution in [2.45, 2.75) is 25.4 Å². The largest absolute Gasteiger partial charge is 0.469 e. The summed E-state index contributed by atoms with van der Waals surface area (Å²) in [6, 6.07) is 9.75. The lowest BCUT2D eigenvalue weighted by Gasteiger charge is -2.25. The second-order valence-corrected chi connectivity index (χ2v) is 5.17. The van der Waals surface area contributed by atoms with Gasteiger partial charge in [-0.15, -0.1) is 0 Å². The second kappa shape index (κ2) is 5.44. The van der Waals surface area contributed by atoms with E-state index in [1.807, 2.05) is 12.1 Å². The average molecular weight is 283 g/mol. The Morgan fingerprint density at radius 2 is 2.14 bits per heavy atom. The van der Waals surface area contributed by atoms with Crippen molar-refractivity contribution in [1.29, 1.82) is 0 Å². The lowest BCUT2D eigenvalue weighted by atomic mass is 9.89. The van der Waals surface area contributed by atoms with Crippen LogP contribution in [0.2, 0.25) is 0 Å². The van der Waals surface area contributed by atoms with Crippen LogP contribution in [0.5, 0.6) is 5.88 Å². The molecule has 1 unspecified atom stereocenters. The number of carbonyl (C=O) groups excluding carboxylic acids is 1. The van der Waals surface area contributed by atoms with Crippen LogP contribution >= 0.6 is 0 Å². The number of pyridine rings is 1. The van der Waals surface area contributed by atoms with Crippen molar-refractivity contribution in [3.63, 3.8) is 0 Å². The van der Waals surface area contributed by atoms with E-state index >= 15 is 0 Å². The Labute approximate surface area is 122 Å². The van der Waals surface area contributed by atoms with Gasteiger partial charge in [-0.1, -0.05) is 24.3 Å². The highest BCUT2D eigenvalue weighted by Gasteiger charge is 2.22. The minimum absolute atomic E-state index is 0.0493. The fraction of sp³-hybridized carbons (Fsp3) is 0.250. The zero-order valence-electron chi connectivity index (χ0n) is 11.6. The van der Waals surface area contributed by atoms with Crippen molar-refractivity contribution in [3.8, 4) is 5.88 Å². The molecule has 0 bridgehead atoms. The van der Waals surface area contributed by atoms with Gasteiger partial charge in [0.25, 0.3) is 5.91 Å². The molecule has 0 aliphatic heterocycles. The summed E-state index contributed by atoms with van der Waals surface area (Å²) in [6.07, 6.45) is 4.42. The van der Waals surface area contributed by atoms with Gasteiger partial charge in [0.2, 0.25) is 5.88 Å². The normalized spacial score (nSPS) is 17.0. The van der Waals surface area contributed by atoms with Gasteiger partial charge >= 0.3 is 0 Å². The number of aryl methyl sites for hydroxylation is 1. The SMILES string of the molecule is NC(=O)c1cc(OC2CCCc3ccccc32)ncc1N. The maximum atomic E-state index is 11.3. The zero-order chi connectivity index (χ0) is 14.8. The van der Waals surface area contributed by atoms with E-state index in [1.165, 1.54) is 23.4 Å². The first-order valence-electron chi connectivity index (χ1n) is 6.95. The number of primary amides is 1. The van der Waals surface area contributed by atoms with E-state index in [0.29, 0.717) is 5.88 Å². The van der Waals surface area contributed by atoms with E-state index in [-0.39, 0.29) is 17.4 Å². The minimum atomic E-state index is -0.580. The van der Waals surface area contributed by atoms with Crippen LogP contribution < -0.4 is 16.2 Å². The third kappa shape index (κ3) is 2.67. The van der Waals surface area contributed by atoms with Crippen molar-refractivity contribution < 1.29 is 9.53 Å². The molecule has 1 heterocycles. The summed E-state index contributed by atoms with van der Waals surface area (Å²) in [5.74, 6) is -0.205. The Hall–Kier alpha value is -2.56. The summed E-state index contributed by atoms with van der Waals surface area (Å²) < 4.78 is 5.95. The molecular weight excluding hydrogens is 266 g/mol. The standard InChI is InChI=1S/C16H17N3O2/c17-13-9-19-15(8-12(13)16(18)20)21-14-7-3-5-10-4-1-2-6-11(10)14/h1-2,4,6,8-9,14H,3,5,7,17H2,(H2,18,20). The number of carbonyl (C=O) groups is 1. The lowest BCUT2D eigenvalue weighted by Crippen LogP contribution is -2.17. The number of benzene rings is 1. The van der Waals surface area contributed by atoms with Crippen LogP contribution in [-0.4, -0.2) is 10.9 Å². The molecule has 5 heteroatoms. The van der Waals surface area contributed by atoms with Gasteiger partial charge in [0, 0.05) is 6.07 Å². The van der Waals surface area contributed by atoms with Crippen LogP contribution in [0.25, 0.3) is 0 Å². The molecule has 2 aromatic rings. The van der Waals surface area contributed by atoms with Crippen LogP contribution in [0.4, 0.5) is 5.69 Å². The Kier molecular flexibility index (Phi) is 3.48. The third-order valence-corrected chi connectivity index (χ3v) is 3.75. The number of ether oxygens (including phenoxy) is 1. The molecule has 1 atom stereocenters. The number of amides is 1. The molecule has 5 nitrogen and oxygen atoms in total. The number of fused-ring (bicyclic) bond motifs is 1. The Morgan fingerprint density at radius 1 is 1.33 bits per heavy atom. The number of nitrogens with two attached hydrogens (primary N) is 2. The van der Waals surface area contributed by atoms with E-state index in [4.69, 9.17) is 16.2 Å². The van der Waals surface area contributed by atoms with Crippen LogP contribution in [-0.2, 0) is 6.42 Å². The Morgan fingerprint density at radius 3 is 2.95 bits per heavy atom. The Balaban J connectivity index is 1.88. The van der Waals surface area contributed by atoms with E-state index in [9.17, 15) is 4.79 Å². The number of aromatic nitrogens is 1. The van der Waals surface area contributed by atoms with Crippen molar-refractivity contribution in [3.05, 3.63) is 53.2 Å². The molecule has 0 saturated carbocycles. The van der Waals surface area contributed by atoms with Gasteiger partial charge in [0.05, 0.1) is 17.4 Å². The molecule has 21 heavy (non-hydrogen) atoms. The van der Waals surface area contributed by atoms with Crippen LogP contribution in [0, 0.1) is 0 Å². The molecule has 1 aliphatic rings. The monoisotopic (exact) mass is 283 g/mol. The summed E-state index contributed by atoms with van der Waals surface area (Å²) in [4.78, 5) is 15.5. The highest BCUT2D eigenvalue weighted by atomic mass is 16.5. The first-order chi connectivity index (χ1) is 10.1. The highest BCUT2D eigenvalue weighted by Crippen LogP contribution is 2.33. The molecule has 1 aliphatic carbocycles. The number of rotatable bonds is 3.